The average Bonchev–Trinajstić information content (AvgIpc) is 2.88. The van der Waals surface area contributed by atoms with Crippen LogP contribution in [0, 0.1) is 0 Å². The Hall–Kier alpha value is -0.810. The van der Waals surface area contributed by atoms with E-state index in [9.17, 15) is 4.79 Å². The number of carbonyl (C=O) groups is 1. The third-order valence-electron chi connectivity index (χ3n) is 4.06. The molecule has 0 aliphatic carbocycles. The number of amides is 1. The summed E-state index contributed by atoms with van der Waals surface area (Å²) in [5.41, 5.74) is 0.786. The maximum atomic E-state index is 12.9. The van der Waals surface area contributed by atoms with Crippen LogP contribution in [0.5, 0.6) is 0 Å². The lowest BCUT2D eigenvalue weighted by Gasteiger charge is -2.30. The lowest BCUT2D eigenvalue weighted by molar-refractivity contribution is 0.0721. The molecule has 1 N–H and O–H groups in total. The van der Waals surface area contributed by atoms with Crippen LogP contribution in [0.2, 0.25) is 0 Å². The smallest absolute Gasteiger partial charge is 0.270 e. The van der Waals surface area contributed by atoms with Gasteiger partial charge >= 0.3 is 0 Å². The molecule has 4 nitrogen and oxygen atoms in total. The number of nitrogens with zero attached hydrogens (tertiary/aromatic N) is 2. The first-order valence-electron chi connectivity index (χ1n) is 8.04. The molecule has 2 rings (SSSR count). The van der Waals surface area contributed by atoms with Gasteiger partial charge in [0, 0.05) is 36.3 Å². The Morgan fingerprint density at radius 3 is 2.90 bits per heavy atom. The summed E-state index contributed by atoms with van der Waals surface area (Å²) in [6.07, 6.45) is 6.67. The Labute approximate surface area is 136 Å². The first-order chi connectivity index (χ1) is 10.2. The fraction of sp³-hybridized carbons (Fsp3) is 0.688. The average molecular weight is 356 g/mol. The molecule has 21 heavy (non-hydrogen) atoms. The summed E-state index contributed by atoms with van der Waals surface area (Å²) in [7, 11) is 0. The highest BCUT2D eigenvalue weighted by Gasteiger charge is 2.23. The van der Waals surface area contributed by atoms with Crippen LogP contribution in [0.3, 0.4) is 0 Å². The van der Waals surface area contributed by atoms with Gasteiger partial charge in [0.25, 0.3) is 5.91 Å². The predicted octanol–water partition coefficient (Wildman–Crippen LogP) is 3.26. The summed E-state index contributed by atoms with van der Waals surface area (Å²) in [6.45, 7) is 7.73. The van der Waals surface area contributed by atoms with Gasteiger partial charge in [-0.25, -0.2) is 0 Å². The van der Waals surface area contributed by atoms with E-state index in [0.29, 0.717) is 6.04 Å². The van der Waals surface area contributed by atoms with Crippen molar-refractivity contribution in [2.45, 2.75) is 52.1 Å². The highest BCUT2D eigenvalue weighted by molar-refractivity contribution is 9.10. The topological polar surface area (TPSA) is 37.3 Å². The molecule has 0 bridgehead atoms. The molecule has 1 aromatic heterocycles. The van der Waals surface area contributed by atoms with Crippen LogP contribution >= 0.6 is 15.9 Å². The van der Waals surface area contributed by atoms with E-state index < -0.39 is 0 Å². The van der Waals surface area contributed by atoms with Crippen molar-refractivity contribution in [3.63, 3.8) is 0 Å². The quantitative estimate of drug-likeness (QED) is 0.850. The van der Waals surface area contributed by atoms with Gasteiger partial charge in [-0.1, -0.05) is 13.3 Å². The molecule has 1 saturated heterocycles. The molecule has 1 aromatic rings. The number of nitrogens with one attached hydrogen (secondary N) is 1. The van der Waals surface area contributed by atoms with Crippen LogP contribution in [-0.4, -0.2) is 41.1 Å². The maximum Gasteiger partial charge on any atom is 0.270 e. The van der Waals surface area contributed by atoms with Crippen molar-refractivity contribution in [1.29, 1.82) is 0 Å². The molecule has 1 atom stereocenters. The summed E-state index contributed by atoms with van der Waals surface area (Å²) >= 11 is 3.47. The molecule has 1 amide bonds. The van der Waals surface area contributed by atoms with Gasteiger partial charge in [0.05, 0.1) is 0 Å². The Morgan fingerprint density at radius 1 is 1.48 bits per heavy atom. The van der Waals surface area contributed by atoms with Crippen molar-refractivity contribution in [2.24, 2.45) is 0 Å². The number of halogens is 1. The Bertz CT molecular complexity index is 466. The molecule has 1 unspecified atom stereocenters. The first-order valence-corrected chi connectivity index (χ1v) is 8.83. The Kier molecular flexibility index (Phi) is 6.30. The molecule has 1 fully saturated rings. The van der Waals surface area contributed by atoms with E-state index in [0.717, 1.165) is 42.8 Å². The SMILES string of the molecule is CCCN(CC1CCCCN1)C(=O)c1cc(Br)cn1CC. The molecular formula is C16H26BrN3O. The molecule has 0 aromatic carbocycles. The Morgan fingerprint density at radius 2 is 2.29 bits per heavy atom. The molecule has 0 spiro atoms. The highest BCUT2D eigenvalue weighted by atomic mass is 79.9. The molecular weight excluding hydrogens is 330 g/mol. The fourth-order valence-corrected chi connectivity index (χ4v) is 3.43. The first kappa shape index (κ1) is 16.6. The predicted molar refractivity (Wildman–Crippen MR) is 89.6 cm³/mol. The van der Waals surface area contributed by atoms with Crippen LogP contribution in [0.15, 0.2) is 16.7 Å². The van der Waals surface area contributed by atoms with E-state index in [1.54, 1.807) is 0 Å². The van der Waals surface area contributed by atoms with E-state index in [4.69, 9.17) is 0 Å². The van der Waals surface area contributed by atoms with E-state index >= 15 is 0 Å². The van der Waals surface area contributed by atoms with Gasteiger partial charge < -0.3 is 14.8 Å². The van der Waals surface area contributed by atoms with Gasteiger partial charge in [0.1, 0.15) is 5.69 Å². The van der Waals surface area contributed by atoms with Crippen molar-refractivity contribution in [2.75, 3.05) is 19.6 Å². The lowest BCUT2D eigenvalue weighted by atomic mass is 10.0. The maximum absolute atomic E-state index is 12.9. The summed E-state index contributed by atoms with van der Waals surface area (Å²) in [6, 6.07) is 2.38. The van der Waals surface area contributed by atoms with Gasteiger partial charge in [-0.05, 0) is 54.7 Å². The zero-order valence-electron chi connectivity index (χ0n) is 13.1. The van der Waals surface area contributed by atoms with Crippen LogP contribution in [0.1, 0.15) is 50.0 Å². The summed E-state index contributed by atoms with van der Waals surface area (Å²) < 4.78 is 2.99. The van der Waals surface area contributed by atoms with Crippen molar-refractivity contribution < 1.29 is 4.79 Å². The number of hydrogen-bond acceptors (Lipinski definition) is 2. The lowest BCUT2D eigenvalue weighted by Crippen LogP contribution is -2.46. The van der Waals surface area contributed by atoms with Crippen LogP contribution in [0.4, 0.5) is 0 Å². The number of carbonyl (C=O) groups excluding carboxylic acids is 1. The van der Waals surface area contributed by atoms with E-state index in [-0.39, 0.29) is 5.91 Å². The minimum atomic E-state index is 0.150. The summed E-state index contributed by atoms with van der Waals surface area (Å²) in [4.78, 5) is 14.9. The third-order valence-corrected chi connectivity index (χ3v) is 4.49. The van der Waals surface area contributed by atoms with Gasteiger partial charge in [0.2, 0.25) is 0 Å². The fourth-order valence-electron chi connectivity index (χ4n) is 2.97. The third kappa shape index (κ3) is 4.33. The zero-order valence-corrected chi connectivity index (χ0v) is 14.7. The number of rotatable bonds is 6. The van der Waals surface area contributed by atoms with Crippen LogP contribution < -0.4 is 5.32 Å². The molecule has 0 saturated carbocycles. The standard InChI is InChI=1S/C16H26BrN3O/c1-3-9-20(12-14-7-5-6-8-18-14)16(21)15-10-13(17)11-19(15)4-2/h10-11,14,18H,3-9,12H2,1-2H3. The molecule has 2 heterocycles. The molecule has 118 valence electrons. The van der Waals surface area contributed by atoms with Crippen molar-refractivity contribution >= 4 is 21.8 Å². The summed E-state index contributed by atoms with van der Waals surface area (Å²) in [5, 5.41) is 3.54. The largest absolute Gasteiger partial charge is 0.343 e. The van der Waals surface area contributed by atoms with Gasteiger partial charge in [0.15, 0.2) is 0 Å². The van der Waals surface area contributed by atoms with E-state index in [1.807, 2.05) is 21.7 Å². The highest BCUT2D eigenvalue weighted by Crippen LogP contribution is 2.18. The minimum Gasteiger partial charge on any atom is -0.343 e. The molecule has 0 radical (unpaired) electrons. The number of hydrogen-bond donors (Lipinski definition) is 1. The number of aryl methyl sites for hydroxylation is 1. The second-order valence-electron chi connectivity index (χ2n) is 5.73. The second-order valence-corrected chi connectivity index (χ2v) is 6.64. The van der Waals surface area contributed by atoms with Gasteiger partial charge in [-0.15, -0.1) is 0 Å². The van der Waals surface area contributed by atoms with Gasteiger partial charge in [-0.3, -0.25) is 4.79 Å². The van der Waals surface area contributed by atoms with Crippen LogP contribution in [0.25, 0.3) is 0 Å². The summed E-state index contributed by atoms with van der Waals surface area (Å²) in [5.74, 6) is 0.150. The molecule has 1 aliphatic rings. The Balaban J connectivity index is 2.10. The normalized spacial score (nSPS) is 18.7. The van der Waals surface area contributed by atoms with E-state index in [1.165, 1.54) is 19.3 Å². The van der Waals surface area contributed by atoms with E-state index in [2.05, 4.69) is 35.1 Å². The second kappa shape index (κ2) is 7.99. The van der Waals surface area contributed by atoms with Crippen molar-refractivity contribution in [1.82, 2.24) is 14.8 Å². The van der Waals surface area contributed by atoms with Crippen molar-refractivity contribution in [3.8, 4) is 0 Å². The number of aromatic nitrogens is 1. The molecule has 5 heteroatoms. The monoisotopic (exact) mass is 355 g/mol. The molecule has 1 aliphatic heterocycles. The minimum absolute atomic E-state index is 0.150. The van der Waals surface area contributed by atoms with Crippen molar-refractivity contribution in [3.05, 3.63) is 22.4 Å². The van der Waals surface area contributed by atoms with Gasteiger partial charge in [-0.2, -0.15) is 0 Å². The van der Waals surface area contributed by atoms with Crippen LogP contribution in [-0.2, 0) is 6.54 Å². The number of piperidine rings is 1. The zero-order chi connectivity index (χ0) is 15.2.